The molecule has 2 heterocycles. The maximum atomic E-state index is 11.7. The van der Waals surface area contributed by atoms with Crippen molar-refractivity contribution < 1.29 is 17.9 Å². The van der Waals surface area contributed by atoms with E-state index in [0.717, 1.165) is 0 Å². The number of pyridine rings is 1. The van der Waals surface area contributed by atoms with Crippen LogP contribution < -0.4 is 4.90 Å². The number of anilines is 1. The molecule has 0 aliphatic carbocycles. The van der Waals surface area contributed by atoms with Crippen molar-refractivity contribution >= 4 is 49.2 Å². The van der Waals surface area contributed by atoms with Crippen LogP contribution in [0, 0.1) is 0 Å². The van der Waals surface area contributed by atoms with Crippen LogP contribution >= 0.6 is 27.5 Å². The monoisotopic (exact) mass is 382 g/mol. The minimum atomic E-state index is -2.98. The van der Waals surface area contributed by atoms with Crippen molar-refractivity contribution in [3.05, 3.63) is 21.3 Å². The normalized spacial score (nSPS) is 17.9. The molecule has 20 heavy (non-hydrogen) atoms. The second kappa shape index (κ2) is 5.87. The van der Waals surface area contributed by atoms with Crippen LogP contribution in [0.5, 0.6) is 0 Å². The fraction of sp³-hybridized carbons (Fsp3) is 0.455. The van der Waals surface area contributed by atoms with Gasteiger partial charge < -0.3 is 9.64 Å². The van der Waals surface area contributed by atoms with Gasteiger partial charge in [0.25, 0.3) is 0 Å². The molecule has 0 radical (unpaired) electrons. The number of ether oxygens (including phenoxy) is 1. The zero-order chi connectivity index (χ0) is 14.9. The molecule has 0 atom stereocenters. The summed E-state index contributed by atoms with van der Waals surface area (Å²) in [6, 6.07) is 1.54. The number of nitrogens with zero attached hydrogens (tertiary/aromatic N) is 2. The number of hydrogen-bond donors (Lipinski definition) is 0. The molecule has 0 saturated carbocycles. The highest BCUT2D eigenvalue weighted by Crippen LogP contribution is 2.29. The highest BCUT2D eigenvalue weighted by molar-refractivity contribution is 9.10. The number of methoxy groups -OCH3 is 1. The number of esters is 1. The summed E-state index contributed by atoms with van der Waals surface area (Å²) in [5.41, 5.74) is 0.260. The molecule has 0 aromatic carbocycles. The molecule has 1 aromatic heterocycles. The summed E-state index contributed by atoms with van der Waals surface area (Å²) in [6.07, 6.45) is 0. The molecular formula is C11H12BrClN2O4S. The number of halogens is 2. The van der Waals surface area contributed by atoms with Gasteiger partial charge in [0.1, 0.15) is 11.0 Å². The van der Waals surface area contributed by atoms with E-state index in [0.29, 0.717) is 23.4 Å². The van der Waals surface area contributed by atoms with Crippen molar-refractivity contribution in [1.82, 2.24) is 4.98 Å². The summed E-state index contributed by atoms with van der Waals surface area (Å²) in [7, 11) is -1.70. The lowest BCUT2D eigenvalue weighted by Crippen LogP contribution is -2.40. The van der Waals surface area contributed by atoms with Gasteiger partial charge in [-0.3, -0.25) is 0 Å². The van der Waals surface area contributed by atoms with Gasteiger partial charge in [-0.25, -0.2) is 18.2 Å². The standard InChI is InChI=1S/C11H12BrClN2O4S/c1-19-11(16)7-6-8(14-10(13)9(7)12)15-2-4-20(17,18)5-3-15/h6H,2-5H2,1H3. The molecule has 6 nitrogen and oxygen atoms in total. The van der Waals surface area contributed by atoms with Gasteiger partial charge in [0.05, 0.1) is 28.7 Å². The van der Waals surface area contributed by atoms with Crippen molar-refractivity contribution in [2.24, 2.45) is 0 Å². The van der Waals surface area contributed by atoms with Crippen molar-refractivity contribution in [3.63, 3.8) is 0 Å². The second-order valence-electron chi connectivity index (χ2n) is 4.26. The molecule has 1 aliphatic heterocycles. The largest absolute Gasteiger partial charge is 0.465 e. The molecule has 0 amide bonds. The lowest BCUT2D eigenvalue weighted by atomic mass is 10.2. The quantitative estimate of drug-likeness (QED) is 0.569. The van der Waals surface area contributed by atoms with E-state index in [1.165, 1.54) is 7.11 Å². The van der Waals surface area contributed by atoms with Crippen LogP contribution in [0.3, 0.4) is 0 Å². The minimum absolute atomic E-state index is 0.0654. The van der Waals surface area contributed by atoms with Crippen LogP contribution in [0.1, 0.15) is 10.4 Å². The maximum absolute atomic E-state index is 11.7. The van der Waals surface area contributed by atoms with E-state index in [1.54, 1.807) is 11.0 Å². The first-order valence-electron chi connectivity index (χ1n) is 5.74. The van der Waals surface area contributed by atoms with Crippen molar-refractivity contribution in [2.45, 2.75) is 0 Å². The summed E-state index contributed by atoms with van der Waals surface area (Å²) < 4.78 is 27.9. The third-order valence-corrected chi connectivity index (χ3v) is 5.89. The molecule has 0 unspecified atom stereocenters. The Hall–Kier alpha value is -0.860. The molecule has 1 fully saturated rings. The highest BCUT2D eigenvalue weighted by atomic mass is 79.9. The molecule has 0 spiro atoms. The van der Waals surface area contributed by atoms with Crippen molar-refractivity contribution in [3.8, 4) is 0 Å². The molecule has 0 bridgehead atoms. The number of hydrogen-bond acceptors (Lipinski definition) is 6. The van der Waals surface area contributed by atoms with E-state index >= 15 is 0 Å². The predicted molar refractivity (Wildman–Crippen MR) is 79.2 cm³/mol. The van der Waals surface area contributed by atoms with E-state index in [9.17, 15) is 13.2 Å². The third kappa shape index (κ3) is 3.24. The van der Waals surface area contributed by atoms with Crippen molar-refractivity contribution in [1.29, 1.82) is 0 Å². The van der Waals surface area contributed by atoms with Gasteiger partial charge in [-0.1, -0.05) is 11.6 Å². The Labute approximate surface area is 130 Å². The first-order chi connectivity index (χ1) is 9.34. The molecule has 9 heteroatoms. The Morgan fingerprint density at radius 2 is 2.05 bits per heavy atom. The molecule has 110 valence electrons. The fourth-order valence-electron chi connectivity index (χ4n) is 1.85. The van der Waals surface area contributed by atoms with Gasteiger partial charge in [-0.2, -0.15) is 0 Å². The second-order valence-corrected chi connectivity index (χ2v) is 7.72. The average Bonchev–Trinajstić information content (AvgIpc) is 2.41. The number of rotatable bonds is 2. The number of carbonyl (C=O) groups excluding carboxylic acids is 1. The zero-order valence-electron chi connectivity index (χ0n) is 10.6. The maximum Gasteiger partial charge on any atom is 0.339 e. The number of sulfone groups is 1. The van der Waals surface area contributed by atoms with E-state index < -0.39 is 15.8 Å². The van der Waals surface area contributed by atoms with Crippen LogP contribution in [0.25, 0.3) is 0 Å². The van der Waals surface area contributed by atoms with E-state index in [-0.39, 0.29) is 22.2 Å². The zero-order valence-corrected chi connectivity index (χ0v) is 13.8. The van der Waals surface area contributed by atoms with E-state index in [2.05, 4.69) is 25.7 Å². The van der Waals surface area contributed by atoms with Crippen LogP contribution in [0.4, 0.5) is 5.82 Å². The lowest BCUT2D eigenvalue weighted by molar-refractivity contribution is 0.0599. The van der Waals surface area contributed by atoms with Gasteiger partial charge in [0, 0.05) is 13.1 Å². The molecule has 2 rings (SSSR count). The topological polar surface area (TPSA) is 76.6 Å². The Kier molecular flexibility index (Phi) is 4.55. The van der Waals surface area contributed by atoms with Crippen LogP contribution in [-0.4, -0.2) is 51.1 Å². The summed E-state index contributed by atoms with van der Waals surface area (Å²) >= 11 is 9.17. The Bertz CT molecular complexity index is 636. The number of aromatic nitrogens is 1. The van der Waals surface area contributed by atoms with Gasteiger partial charge in [-0.05, 0) is 22.0 Å². The van der Waals surface area contributed by atoms with E-state index in [4.69, 9.17) is 11.6 Å². The summed E-state index contributed by atoms with van der Waals surface area (Å²) in [6.45, 7) is 0.655. The summed E-state index contributed by atoms with van der Waals surface area (Å²) in [5.74, 6) is 0.0619. The van der Waals surface area contributed by atoms with Crippen LogP contribution in [-0.2, 0) is 14.6 Å². The molecule has 1 aliphatic rings. The smallest absolute Gasteiger partial charge is 0.339 e. The third-order valence-electron chi connectivity index (χ3n) is 2.98. The summed E-state index contributed by atoms with van der Waals surface area (Å²) in [5, 5.41) is 0.135. The Morgan fingerprint density at radius 1 is 1.45 bits per heavy atom. The van der Waals surface area contributed by atoms with Gasteiger partial charge in [0.2, 0.25) is 0 Å². The van der Waals surface area contributed by atoms with Gasteiger partial charge in [0.15, 0.2) is 9.84 Å². The Morgan fingerprint density at radius 3 is 2.60 bits per heavy atom. The lowest BCUT2D eigenvalue weighted by Gasteiger charge is -2.28. The molecule has 1 aromatic rings. The highest BCUT2D eigenvalue weighted by Gasteiger charge is 2.25. The molecule has 1 saturated heterocycles. The van der Waals surface area contributed by atoms with E-state index in [1.807, 2.05) is 0 Å². The fourth-order valence-corrected chi connectivity index (χ4v) is 3.60. The molecule has 0 N–H and O–H groups in total. The summed E-state index contributed by atoms with van der Waals surface area (Å²) in [4.78, 5) is 17.6. The van der Waals surface area contributed by atoms with Crippen LogP contribution in [0.2, 0.25) is 5.15 Å². The molecular weight excluding hydrogens is 372 g/mol. The van der Waals surface area contributed by atoms with Crippen molar-refractivity contribution in [2.75, 3.05) is 36.6 Å². The van der Waals surface area contributed by atoms with Gasteiger partial charge in [-0.15, -0.1) is 0 Å². The average molecular weight is 384 g/mol. The van der Waals surface area contributed by atoms with Gasteiger partial charge >= 0.3 is 5.97 Å². The predicted octanol–water partition coefficient (Wildman–Crippen LogP) is 1.52. The first-order valence-corrected chi connectivity index (χ1v) is 8.73. The Balaban J connectivity index is 2.34. The van der Waals surface area contributed by atoms with Crippen LogP contribution in [0.15, 0.2) is 10.5 Å². The minimum Gasteiger partial charge on any atom is -0.465 e. The number of carbonyl (C=O) groups is 1. The first kappa shape index (κ1) is 15.5. The SMILES string of the molecule is COC(=O)c1cc(N2CCS(=O)(=O)CC2)nc(Cl)c1Br.